The maximum atomic E-state index is 3.93. The molecule has 0 aliphatic heterocycles. The summed E-state index contributed by atoms with van der Waals surface area (Å²) in [6.07, 6.45) is 3.56. The standard InChI is InChI=1S/C12H15N3S/c1-3-13-12(10-6-7-14-15-8-10)11-5-4-9(2)16-11/h4-8,12-13H,3H2,1-2H3. The van der Waals surface area contributed by atoms with Crippen molar-refractivity contribution in [2.24, 2.45) is 0 Å². The SMILES string of the molecule is CCNC(c1ccnnc1)c1ccc(C)s1. The Kier molecular flexibility index (Phi) is 3.64. The maximum absolute atomic E-state index is 3.93. The lowest BCUT2D eigenvalue weighted by molar-refractivity contribution is 0.635. The normalized spacial score (nSPS) is 12.6. The summed E-state index contributed by atoms with van der Waals surface area (Å²) in [6, 6.07) is 6.57. The fourth-order valence-electron chi connectivity index (χ4n) is 1.67. The van der Waals surface area contributed by atoms with Crippen LogP contribution in [-0.2, 0) is 0 Å². The zero-order chi connectivity index (χ0) is 11.4. The molecule has 1 N–H and O–H groups in total. The maximum Gasteiger partial charge on any atom is 0.0687 e. The lowest BCUT2D eigenvalue weighted by atomic mass is 10.1. The first-order valence-electron chi connectivity index (χ1n) is 5.37. The molecule has 0 bridgehead atoms. The van der Waals surface area contributed by atoms with Crippen molar-refractivity contribution in [1.29, 1.82) is 0 Å². The molecule has 16 heavy (non-hydrogen) atoms. The fourth-order valence-corrected chi connectivity index (χ4v) is 2.65. The van der Waals surface area contributed by atoms with E-state index in [1.807, 2.05) is 23.6 Å². The van der Waals surface area contributed by atoms with Crippen LogP contribution in [-0.4, -0.2) is 16.7 Å². The highest BCUT2D eigenvalue weighted by Gasteiger charge is 2.14. The molecule has 2 aromatic rings. The first-order valence-corrected chi connectivity index (χ1v) is 6.19. The molecule has 1 unspecified atom stereocenters. The summed E-state index contributed by atoms with van der Waals surface area (Å²) in [5, 5.41) is 11.2. The van der Waals surface area contributed by atoms with Crippen LogP contribution < -0.4 is 5.32 Å². The van der Waals surface area contributed by atoms with E-state index >= 15 is 0 Å². The lowest BCUT2D eigenvalue weighted by Crippen LogP contribution is -2.21. The Morgan fingerprint density at radius 2 is 2.19 bits per heavy atom. The first kappa shape index (κ1) is 11.2. The summed E-state index contributed by atoms with van der Waals surface area (Å²) in [7, 11) is 0. The van der Waals surface area contributed by atoms with Gasteiger partial charge < -0.3 is 5.32 Å². The van der Waals surface area contributed by atoms with Crippen molar-refractivity contribution in [2.75, 3.05) is 6.54 Å². The van der Waals surface area contributed by atoms with E-state index in [0.717, 1.165) is 6.54 Å². The van der Waals surface area contributed by atoms with Crippen LogP contribution in [0.25, 0.3) is 0 Å². The molecule has 2 rings (SSSR count). The molecular weight excluding hydrogens is 218 g/mol. The average Bonchev–Trinajstić information content (AvgIpc) is 2.74. The van der Waals surface area contributed by atoms with E-state index in [9.17, 15) is 0 Å². The van der Waals surface area contributed by atoms with Gasteiger partial charge in [0.05, 0.1) is 12.2 Å². The number of nitrogens with one attached hydrogen (secondary N) is 1. The van der Waals surface area contributed by atoms with E-state index in [-0.39, 0.29) is 6.04 Å². The van der Waals surface area contributed by atoms with Crippen molar-refractivity contribution in [2.45, 2.75) is 19.9 Å². The van der Waals surface area contributed by atoms with E-state index in [1.54, 1.807) is 6.20 Å². The average molecular weight is 233 g/mol. The van der Waals surface area contributed by atoms with Gasteiger partial charge in [-0.25, -0.2) is 0 Å². The van der Waals surface area contributed by atoms with Gasteiger partial charge in [0.25, 0.3) is 0 Å². The summed E-state index contributed by atoms with van der Waals surface area (Å²) in [5.41, 5.74) is 1.17. The molecule has 84 valence electrons. The van der Waals surface area contributed by atoms with Crippen molar-refractivity contribution in [3.8, 4) is 0 Å². The topological polar surface area (TPSA) is 37.8 Å². The monoisotopic (exact) mass is 233 g/mol. The van der Waals surface area contributed by atoms with Crippen molar-refractivity contribution in [1.82, 2.24) is 15.5 Å². The number of aromatic nitrogens is 2. The third-order valence-electron chi connectivity index (χ3n) is 2.39. The highest BCUT2D eigenvalue weighted by atomic mass is 32.1. The Hall–Kier alpha value is -1.26. The van der Waals surface area contributed by atoms with Crippen LogP contribution in [0, 0.1) is 6.92 Å². The number of rotatable bonds is 4. The molecule has 0 amide bonds. The summed E-state index contributed by atoms with van der Waals surface area (Å²) in [5.74, 6) is 0. The molecule has 4 heteroatoms. The minimum atomic E-state index is 0.235. The van der Waals surface area contributed by atoms with Gasteiger partial charge in [0, 0.05) is 16.0 Å². The molecule has 0 aliphatic rings. The Balaban J connectivity index is 2.31. The number of aryl methyl sites for hydroxylation is 1. The molecule has 2 heterocycles. The van der Waals surface area contributed by atoms with Gasteiger partial charge >= 0.3 is 0 Å². The predicted octanol–water partition coefficient (Wildman–Crippen LogP) is 2.55. The van der Waals surface area contributed by atoms with Crippen molar-refractivity contribution >= 4 is 11.3 Å². The molecule has 0 fully saturated rings. The van der Waals surface area contributed by atoms with Crippen molar-refractivity contribution in [3.05, 3.63) is 45.9 Å². The first-order chi connectivity index (χ1) is 7.81. The van der Waals surface area contributed by atoms with Crippen LogP contribution in [0.4, 0.5) is 0 Å². The molecule has 1 atom stereocenters. The lowest BCUT2D eigenvalue weighted by Gasteiger charge is -2.15. The van der Waals surface area contributed by atoms with Crippen molar-refractivity contribution in [3.63, 3.8) is 0 Å². The van der Waals surface area contributed by atoms with Crippen LogP contribution in [0.3, 0.4) is 0 Å². The predicted molar refractivity (Wildman–Crippen MR) is 66.6 cm³/mol. The number of nitrogens with zero attached hydrogens (tertiary/aromatic N) is 2. The molecule has 0 aromatic carbocycles. The van der Waals surface area contributed by atoms with Crippen LogP contribution in [0.15, 0.2) is 30.6 Å². The van der Waals surface area contributed by atoms with Gasteiger partial charge in [-0.15, -0.1) is 11.3 Å². The summed E-state index contributed by atoms with van der Waals surface area (Å²) in [4.78, 5) is 2.66. The second-order valence-corrected chi connectivity index (χ2v) is 4.93. The van der Waals surface area contributed by atoms with E-state index in [4.69, 9.17) is 0 Å². The van der Waals surface area contributed by atoms with Crippen LogP contribution >= 0.6 is 11.3 Å². The third-order valence-corrected chi connectivity index (χ3v) is 3.46. The van der Waals surface area contributed by atoms with Crippen LogP contribution in [0.5, 0.6) is 0 Å². The quantitative estimate of drug-likeness (QED) is 0.882. The Morgan fingerprint density at radius 3 is 2.75 bits per heavy atom. The largest absolute Gasteiger partial charge is 0.306 e. The minimum absolute atomic E-state index is 0.235. The number of thiophene rings is 1. The van der Waals surface area contributed by atoms with Gasteiger partial charge in [0.1, 0.15) is 0 Å². The van der Waals surface area contributed by atoms with Crippen LogP contribution in [0.1, 0.15) is 28.3 Å². The van der Waals surface area contributed by atoms with E-state index in [0.29, 0.717) is 0 Å². The second kappa shape index (κ2) is 5.18. The molecule has 0 aliphatic carbocycles. The summed E-state index contributed by atoms with van der Waals surface area (Å²) < 4.78 is 0. The molecule has 0 saturated carbocycles. The minimum Gasteiger partial charge on any atom is -0.306 e. The summed E-state index contributed by atoms with van der Waals surface area (Å²) in [6.45, 7) is 5.17. The summed E-state index contributed by atoms with van der Waals surface area (Å²) >= 11 is 1.82. The van der Waals surface area contributed by atoms with Crippen molar-refractivity contribution < 1.29 is 0 Å². The molecule has 2 aromatic heterocycles. The molecule has 0 spiro atoms. The Labute approximate surface area is 99.5 Å². The Bertz CT molecular complexity index is 439. The van der Waals surface area contributed by atoms with Crippen LogP contribution in [0.2, 0.25) is 0 Å². The van der Waals surface area contributed by atoms with Gasteiger partial charge in [0.2, 0.25) is 0 Å². The molecule has 3 nitrogen and oxygen atoms in total. The van der Waals surface area contributed by atoms with Gasteiger partial charge in [-0.05, 0) is 37.2 Å². The highest BCUT2D eigenvalue weighted by Crippen LogP contribution is 2.27. The fraction of sp³-hybridized carbons (Fsp3) is 0.333. The zero-order valence-electron chi connectivity index (χ0n) is 9.47. The van der Waals surface area contributed by atoms with Gasteiger partial charge in [0.15, 0.2) is 0 Å². The highest BCUT2D eigenvalue weighted by molar-refractivity contribution is 7.12. The van der Waals surface area contributed by atoms with E-state index < -0.39 is 0 Å². The Morgan fingerprint density at radius 1 is 1.31 bits per heavy atom. The molecular formula is C12H15N3S. The number of hydrogen-bond donors (Lipinski definition) is 1. The van der Waals surface area contributed by atoms with E-state index in [1.165, 1.54) is 15.3 Å². The van der Waals surface area contributed by atoms with Gasteiger partial charge in [-0.2, -0.15) is 10.2 Å². The zero-order valence-corrected chi connectivity index (χ0v) is 10.3. The third kappa shape index (κ3) is 2.46. The number of hydrogen-bond acceptors (Lipinski definition) is 4. The second-order valence-electron chi connectivity index (χ2n) is 3.61. The molecule has 0 radical (unpaired) electrons. The van der Waals surface area contributed by atoms with E-state index in [2.05, 4.69) is 41.5 Å². The van der Waals surface area contributed by atoms with Gasteiger partial charge in [-0.1, -0.05) is 6.92 Å². The smallest absolute Gasteiger partial charge is 0.0687 e. The molecule has 0 saturated heterocycles. The van der Waals surface area contributed by atoms with Gasteiger partial charge in [-0.3, -0.25) is 0 Å².